The van der Waals surface area contributed by atoms with Crippen LogP contribution in [0.25, 0.3) is 0 Å². The Bertz CT molecular complexity index is 368. The van der Waals surface area contributed by atoms with Gasteiger partial charge < -0.3 is 15.7 Å². The molecule has 0 saturated heterocycles. The molecule has 3 rings (SSSR count). The molecule has 4 nitrogen and oxygen atoms in total. The van der Waals surface area contributed by atoms with Crippen LogP contribution in [-0.4, -0.2) is 30.3 Å². The third-order valence-electron chi connectivity index (χ3n) is 5.93. The summed E-state index contributed by atoms with van der Waals surface area (Å²) in [7, 11) is 0. The Morgan fingerprint density at radius 1 is 1.10 bits per heavy atom. The van der Waals surface area contributed by atoms with E-state index in [0.717, 1.165) is 25.8 Å². The van der Waals surface area contributed by atoms with Crippen LogP contribution in [0.3, 0.4) is 0 Å². The summed E-state index contributed by atoms with van der Waals surface area (Å²) >= 11 is 0. The van der Waals surface area contributed by atoms with Gasteiger partial charge in [0.15, 0.2) is 0 Å². The Morgan fingerprint density at radius 2 is 1.90 bits per heavy atom. The van der Waals surface area contributed by atoms with Crippen LogP contribution < -0.4 is 10.6 Å². The van der Waals surface area contributed by atoms with Crippen molar-refractivity contribution < 1.29 is 9.90 Å². The molecule has 1 spiro atoms. The minimum absolute atomic E-state index is 0.0174. The fourth-order valence-corrected chi connectivity index (χ4v) is 4.43. The van der Waals surface area contributed by atoms with Crippen LogP contribution in [-0.2, 0) is 0 Å². The second-order valence-corrected chi connectivity index (χ2v) is 7.73. The van der Waals surface area contributed by atoms with Crippen molar-refractivity contribution in [3.05, 3.63) is 0 Å². The number of aliphatic hydroxyl groups is 1. The molecule has 0 bridgehead atoms. The molecule has 21 heavy (non-hydrogen) atoms. The number of hydrogen-bond donors (Lipinski definition) is 3. The number of nitrogens with one attached hydrogen (secondary N) is 2. The lowest BCUT2D eigenvalue weighted by Crippen LogP contribution is -2.46. The van der Waals surface area contributed by atoms with Crippen LogP contribution in [0.1, 0.15) is 64.2 Å². The van der Waals surface area contributed by atoms with E-state index >= 15 is 0 Å². The van der Waals surface area contributed by atoms with Crippen molar-refractivity contribution in [3.63, 3.8) is 0 Å². The normalized spacial score (nSPS) is 34.4. The van der Waals surface area contributed by atoms with Gasteiger partial charge in [-0.15, -0.1) is 0 Å². The highest BCUT2D eigenvalue weighted by atomic mass is 16.3. The van der Waals surface area contributed by atoms with Crippen molar-refractivity contribution in [1.82, 2.24) is 10.6 Å². The second-order valence-electron chi connectivity index (χ2n) is 7.73. The molecule has 3 aliphatic rings. The van der Waals surface area contributed by atoms with Gasteiger partial charge in [-0.2, -0.15) is 0 Å². The molecule has 4 heteroatoms. The fourth-order valence-electron chi connectivity index (χ4n) is 4.43. The summed E-state index contributed by atoms with van der Waals surface area (Å²) in [4.78, 5) is 12.1. The van der Waals surface area contributed by atoms with Crippen molar-refractivity contribution >= 4 is 6.03 Å². The van der Waals surface area contributed by atoms with Crippen molar-refractivity contribution in [2.45, 2.75) is 70.3 Å². The molecular weight excluding hydrogens is 264 g/mol. The van der Waals surface area contributed by atoms with Gasteiger partial charge in [-0.1, -0.05) is 12.8 Å². The van der Waals surface area contributed by atoms with E-state index in [1.807, 2.05) is 0 Å². The van der Waals surface area contributed by atoms with Gasteiger partial charge >= 0.3 is 6.03 Å². The molecule has 0 aromatic heterocycles. The van der Waals surface area contributed by atoms with E-state index in [0.29, 0.717) is 29.9 Å². The molecule has 0 aromatic rings. The molecule has 3 atom stereocenters. The van der Waals surface area contributed by atoms with E-state index in [-0.39, 0.29) is 6.03 Å². The third kappa shape index (κ3) is 4.12. The van der Waals surface area contributed by atoms with E-state index in [4.69, 9.17) is 0 Å². The van der Waals surface area contributed by atoms with E-state index in [9.17, 15) is 9.90 Å². The standard InChI is InChI=1S/C17H30N2O2/c20-12-14-4-1-3-13(9-14)11-18-16(21)19-15-5-2-6-17(10-15)7-8-17/h13-15,20H,1-12H2,(H2,18,19,21)/t13-,14+,15?/m0/s1. The molecule has 120 valence electrons. The van der Waals surface area contributed by atoms with E-state index < -0.39 is 0 Å². The van der Waals surface area contributed by atoms with Crippen LogP contribution in [0.15, 0.2) is 0 Å². The zero-order valence-corrected chi connectivity index (χ0v) is 13.1. The largest absolute Gasteiger partial charge is 0.396 e. The first kappa shape index (κ1) is 15.1. The first-order valence-corrected chi connectivity index (χ1v) is 8.84. The summed E-state index contributed by atoms with van der Waals surface area (Å²) in [6.07, 6.45) is 12.3. The summed E-state index contributed by atoms with van der Waals surface area (Å²) in [6.45, 7) is 1.06. The predicted molar refractivity (Wildman–Crippen MR) is 83.0 cm³/mol. The Labute approximate surface area is 128 Å². The second kappa shape index (κ2) is 6.55. The van der Waals surface area contributed by atoms with Gasteiger partial charge in [0.05, 0.1) is 0 Å². The van der Waals surface area contributed by atoms with E-state index in [1.54, 1.807) is 0 Å². The van der Waals surface area contributed by atoms with Crippen LogP contribution in [0.4, 0.5) is 4.79 Å². The minimum Gasteiger partial charge on any atom is -0.396 e. The van der Waals surface area contributed by atoms with Crippen LogP contribution in [0.2, 0.25) is 0 Å². The number of hydrogen-bond acceptors (Lipinski definition) is 2. The smallest absolute Gasteiger partial charge is 0.315 e. The number of urea groups is 1. The Hall–Kier alpha value is -0.770. The molecule has 3 aliphatic carbocycles. The number of carbonyl (C=O) groups is 1. The quantitative estimate of drug-likeness (QED) is 0.746. The zero-order chi connectivity index (χ0) is 14.7. The highest BCUT2D eigenvalue weighted by molar-refractivity contribution is 5.74. The summed E-state index contributed by atoms with van der Waals surface area (Å²) < 4.78 is 0. The number of rotatable bonds is 4. The maximum Gasteiger partial charge on any atom is 0.315 e. The minimum atomic E-state index is 0.0174. The molecule has 2 amide bonds. The molecule has 3 N–H and O–H groups in total. The van der Waals surface area contributed by atoms with Gasteiger partial charge in [0.1, 0.15) is 0 Å². The Kier molecular flexibility index (Phi) is 4.72. The molecule has 0 aliphatic heterocycles. The highest BCUT2D eigenvalue weighted by Gasteiger charge is 2.45. The van der Waals surface area contributed by atoms with Gasteiger partial charge in [0, 0.05) is 19.2 Å². The lowest BCUT2D eigenvalue weighted by Gasteiger charge is -2.31. The van der Waals surface area contributed by atoms with Crippen LogP contribution in [0.5, 0.6) is 0 Å². The molecule has 3 fully saturated rings. The summed E-state index contributed by atoms with van der Waals surface area (Å²) in [5.74, 6) is 0.990. The van der Waals surface area contributed by atoms with Crippen molar-refractivity contribution in [2.75, 3.05) is 13.2 Å². The van der Waals surface area contributed by atoms with Crippen molar-refractivity contribution in [2.24, 2.45) is 17.3 Å². The lowest BCUT2D eigenvalue weighted by atomic mass is 9.82. The van der Waals surface area contributed by atoms with Crippen molar-refractivity contribution in [1.29, 1.82) is 0 Å². The molecule has 0 aromatic carbocycles. The average Bonchev–Trinajstić information content (AvgIpc) is 3.24. The maximum absolute atomic E-state index is 12.1. The SMILES string of the molecule is O=C(NC[C@H]1CCC[C@@H](CO)C1)NC1CCCC2(CC2)C1. The van der Waals surface area contributed by atoms with E-state index in [2.05, 4.69) is 10.6 Å². The molecule has 0 heterocycles. The third-order valence-corrected chi connectivity index (χ3v) is 5.93. The number of amides is 2. The van der Waals surface area contributed by atoms with Crippen molar-refractivity contribution in [3.8, 4) is 0 Å². The first-order chi connectivity index (χ1) is 10.2. The first-order valence-electron chi connectivity index (χ1n) is 8.84. The van der Waals surface area contributed by atoms with Crippen LogP contribution in [0, 0.1) is 17.3 Å². The van der Waals surface area contributed by atoms with Gasteiger partial charge in [0.2, 0.25) is 0 Å². The topological polar surface area (TPSA) is 61.4 Å². The lowest BCUT2D eigenvalue weighted by molar-refractivity contribution is 0.159. The highest BCUT2D eigenvalue weighted by Crippen LogP contribution is 2.56. The molecule has 3 saturated carbocycles. The van der Waals surface area contributed by atoms with Gasteiger partial charge in [0.25, 0.3) is 0 Å². The predicted octanol–water partition coefficient (Wildman–Crippen LogP) is 2.81. The molecule has 0 radical (unpaired) electrons. The number of carbonyl (C=O) groups excluding carboxylic acids is 1. The Balaban J connectivity index is 1.36. The van der Waals surface area contributed by atoms with Gasteiger partial charge in [-0.05, 0) is 68.6 Å². The maximum atomic E-state index is 12.1. The Morgan fingerprint density at radius 3 is 2.67 bits per heavy atom. The number of aliphatic hydroxyl groups excluding tert-OH is 1. The zero-order valence-electron chi connectivity index (χ0n) is 13.1. The van der Waals surface area contributed by atoms with Gasteiger partial charge in [-0.3, -0.25) is 0 Å². The van der Waals surface area contributed by atoms with Gasteiger partial charge in [-0.25, -0.2) is 4.79 Å². The summed E-state index contributed by atoms with van der Waals surface area (Å²) in [5.41, 5.74) is 0.605. The molecular formula is C17H30N2O2. The summed E-state index contributed by atoms with van der Waals surface area (Å²) in [5, 5.41) is 15.5. The van der Waals surface area contributed by atoms with E-state index in [1.165, 1.54) is 44.9 Å². The molecule has 1 unspecified atom stereocenters. The van der Waals surface area contributed by atoms with Crippen LogP contribution >= 0.6 is 0 Å². The summed E-state index contributed by atoms with van der Waals surface area (Å²) in [6, 6.07) is 0.404. The fraction of sp³-hybridized carbons (Fsp3) is 0.941. The average molecular weight is 294 g/mol. The monoisotopic (exact) mass is 294 g/mol.